The SMILES string of the molecule is COc1nc(Cl)ccc1C(F)(F)F. The van der Waals surface area contributed by atoms with Gasteiger partial charge in [0.25, 0.3) is 0 Å². The molecule has 0 aromatic carbocycles. The highest BCUT2D eigenvalue weighted by molar-refractivity contribution is 6.29. The molecule has 0 bridgehead atoms. The molecule has 0 saturated carbocycles. The van der Waals surface area contributed by atoms with Crippen molar-refractivity contribution in [3.63, 3.8) is 0 Å². The Morgan fingerprint density at radius 3 is 2.46 bits per heavy atom. The molecule has 13 heavy (non-hydrogen) atoms. The van der Waals surface area contributed by atoms with E-state index in [0.29, 0.717) is 0 Å². The number of methoxy groups -OCH3 is 1. The number of aromatic nitrogens is 1. The summed E-state index contributed by atoms with van der Waals surface area (Å²) in [4.78, 5) is 3.38. The molecular weight excluding hydrogens is 207 g/mol. The maximum atomic E-state index is 12.2. The Morgan fingerprint density at radius 1 is 1.38 bits per heavy atom. The minimum absolute atomic E-state index is 0.0372. The predicted octanol–water partition coefficient (Wildman–Crippen LogP) is 2.76. The molecule has 0 aliphatic carbocycles. The lowest BCUT2D eigenvalue weighted by Gasteiger charge is -2.09. The Balaban J connectivity index is 3.22. The van der Waals surface area contributed by atoms with E-state index in [4.69, 9.17) is 11.6 Å². The van der Waals surface area contributed by atoms with Crippen molar-refractivity contribution in [2.75, 3.05) is 7.11 Å². The second-order valence-corrected chi connectivity index (χ2v) is 2.58. The summed E-state index contributed by atoms with van der Waals surface area (Å²) < 4.78 is 41.0. The second kappa shape index (κ2) is 3.41. The molecule has 2 nitrogen and oxygen atoms in total. The molecule has 0 amide bonds. The fourth-order valence-corrected chi connectivity index (χ4v) is 0.929. The summed E-state index contributed by atoms with van der Waals surface area (Å²) in [7, 11) is 1.11. The Labute approximate surface area is 77.3 Å². The Bertz CT molecular complexity index is 313. The lowest BCUT2D eigenvalue weighted by Crippen LogP contribution is -2.08. The summed E-state index contributed by atoms with van der Waals surface area (Å²) in [6.07, 6.45) is -4.47. The van der Waals surface area contributed by atoms with E-state index in [-0.39, 0.29) is 5.15 Å². The third-order valence-corrected chi connectivity index (χ3v) is 1.54. The molecule has 0 atom stereocenters. The Morgan fingerprint density at radius 2 is 2.00 bits per heavy atom. The lowest BCUT2D eigenvalue weighted by atomic mass is 10.2. The zero-order chi connectivity index (χ0) is 10.1. The van der Waals surface area contributed by atoms with E-state index < -0.39 is 17.6 Å². The average molecular weight is 212 g/mol. The van der Waals surface area contributed by atoms with Gasteiger partial charge in [0.2, 0.25) is 5.88 Å². The van der Waals surface area contributed by atoms with E-state index in [2.05, 4.69) is 9.72 Å². The van der Waals surface area contributed by atoms with Gasteiger partial charge in [-0.05, 0) is 12.1 Å². The number of hydrogen-bond acceptors (Lipinski definition) is 2. The first-order valence-corrected chi connectivity index (χ1v) is 3.60. The van der Waals surface area contributed by atoms with Crippen molar-refractivity contribution in [1.82, 2.24) is 4.98 Å². The molecule has 0 spiro atoms. The van der Waals surface area contributed by atoms with Crippen LogP contribution in [-0.2, 0) is 6.18 Å². The van der Waals surface area contributed by atoms with Crippen LogP contribution in [0.5, 0.6) is 5.88 Å². The number of rotatable bonds is 1. The van der Waals surface area contributed by atoms with Crippen molar-refractivity contribution in [1.29, 1.82) is 0 Å². The Kier molecular flexibility index (Phi) is 2.66. The number of nitrogens with zero attached hydrogens (tertiary/aromatic N) is 1. The largest absolute Gasteiger partial charge is 0.481 e. The van der Waals surface area contributed by atoms with Crippen LogP contribution in [0.2, 0.25) is 5.15 Å². The van der Waals surface area contributed by atoms with Gasteiger partial charge in [0.05, 0.1) is 7.11 Å². The maximum absolute atomic E-state index is 12.2. The number of alkyl halides is 3. The van der Waals surface area contributed by atoms with Gasteiger partial charge >= 0.3 is 6.18 Å². The minimum atomic E-state index is -4.47. The smallest absolute Gasteiger partial charge is 0.421 e. The summed E-state index contributed by atoms with van der Waals surface area (Å²) in [6, 6.07) is 1.89. The van der Waals surface area contributed by atoms with Crippen LogP contribution in [-0.4, -0.2) is 12.1 Å². The van der Waals surface area contributed by atoms with Gasteiger partial charge in [-0.2, -0.15) is 13.2 Å². The number of ether oxygens (including phenoxy) is 1. The van der Waals surface area contributed by atoms with Crippen LogP contribution in [0, 0.1) is 0 Å². The van der Waals surface area contributed by atoms with Gasteiger partial charge in [-0.3, -0.25) is 0 Å². The molecule has 1 aromatic rings. The van der Waals surface area contributed by atoms with E-state index in [1.807, 2.05) is 0 Å². The molecule has 1 rings (SSSR count). The molecule has 0 radical (unpaired) electrons. The van der Waals surface area contributed by atoms with Gasteiger partial charge < -0.3 is 4.74 Å². The van der Waals surface area contributed by atoms with Crippen LogP contribution in [0.25, 0.3) is 0 Å². The molecule has 0 aliphatic rings. The first-order valence-electron chi connectivity index (χ1n) is 3.23. The van der Waals surface area contributed by atoms with E-state index in [0.717, 1.165) is 19.2 Å². The average Bonchev–Trinajstić information content (AvgIpc) is 2.01. The summed E-state index contributed by atoms with van der Waals surface area (Å²) in [5.74, 6) is -0.514. The molecule has 0 unspecified atom stereocenters. The van der Waals surface area contributed by atoms with Crippen molar-refractivity contribution >= 4 is 11.6 Å². The van der Waals surface area contributed by atoms with Crippen LogP contribution in [0.1, 0.15) is 5.56 Å². The maximum Gasteiger partial charge on any atom is 0.421 e. The van der Waals surface area contributed by atoms with Crippen molar-refractivity contribution in [2.24, 2.45) is 0 Å². The lowest BCUT2D eigenvalue weighted by molar-refractivity contribution is -0.139. The van der Waals surface area contributed by atoms with Gasteiger partial charge in [0, 0.05) is 0 Å². The van der Waals surface area contributed by atoms with E-state index in [1.165, 1.54) is 0 Å². The molecule has 0 fully saturated rings. The van der Waals surface area contributed by atoms with Gasteiger partial charge in [-0.15, -0.1) is 0 Å². The van der Waals surface area contributed by atoms with Gasteiger partial charge in [0.1, 0.15) is 10.7 Å². The van der Waals surface area contributed by atoms with Crippen molar-refractivity contribution in [2.45, 2.75) is 6.18 Å². The van der Waals surface area contributed by atoms with Crippen LogP contribution >= 0.6 is 11.6 Å². The van der Waals surface area contributed by atoms with Gasteiger partial charge in [-0.25, -0.2) is 4.98 Å². The predicted molar refractivity (Wildman–Crippen MR) is 40.8 cm³/mol. The second-order valence-electron chi connectivity index (χ2n) is 2.19. The third kappa shape index (κ3) is 2.24. The first kappa shape index (κ1) is 10.1. The quantitative estimate of drug-likeness (QED) is 0.667. The van der Waals surface area contributed by atoms with Crippen molar-refractivity contribution < 1.29 is 17.9 Å². The van der Waals surface area contributed by atoms with Crippen LogP contribution in [0.4, 0.5) is 13.2 Å². The highest BCUT2D eigenvalue weighted by Crippen LogP contribution is 2.35. The summed E-state index contributed by atoms with van der Waals surface area (Å²) in [5, 5.41) is -0.0372. The van der Waals surface area contributed by atoms with E-state index in [9.17, 15) is 13.2 Å². The number of pyridine rings is 1. The van der Waals surface area contributed by atoms with E-state index in [1.54, 1.807) is 0 Å². The molecule has 1 aromatic heterocycles. The summed E-state index contributed by atoms with van der Waals surface area (Å²) in [6.45, 7) is 0. The molecule has 0 N–H and O–H groups in total. The molecule has 6 heteroatoms. The molecular formula is C7H5ClF3NO. The zero-order valence-electron chi connectivity index (χ0n) is 6.52. The minimum Gasteiger partial charge on any atom is -0.481 e. The standard InChI is InChI=1S/C7H5ClF3NO/c1-13-6-4(7(9,10)11)2-3-5(8)12-6/h2-3H,1H3. The fraction of sp³-hybridized carbons (Fsp3) is 0.286. The number of hydrogen-bond donors (Lipinski definition) is 0. The highest BCUT2D eigenvalue weighted by Gasteiger charge is 2.35. The molecule has 1 heterocycles. The van der Waals surface area contributed by atoms with Gasteiger partial charge in [0.15, 0.2) is 0 Å². The van der Waals surface area contributed by atoms with Crippen molar-refractivity contribution in [3.8, 4) is 5.88 Å². The summed E-state index contributed by atoms with van der Waals surface area (Å²) >= 11 is 5.39. The monoisotopic (exact) mass is 211 g/mol. The van der Waals surface area contributed by atoms with Gasteiger partial charge in [-0.1, -0.05) is 11.6 Å². The van der Waals surface area contributed by atoms with Crippen LogP contribution in [0.3, 0.4) is 0 Å². The topological polar surface area (TPSA) is 22.1 Å². The number of halogens is 4. The zero-order valence-corrected chi connectivity index (χ0v) is 7.28. The molecule has 72 valence electrons. The highest BCUT2D eigenvalue weighted by atomic mass is 35.5. The van der Waals surface area contributed by atoms with Crippen LogP contribution in [0.15, 0.2) is 12.1 Å². The first-order chi connectivity index (χ1) is 5.95. The summed E-state index contributed by atoms with van der Waals surface area (Å²) in [5.41, 5.74) is -0.931. The normalized spacial score (nSPS) is 11.5. The van der Waals surface area contributed by atoms with Crippen LogP contribution < -0.4 is 4.74 Å². The molecule has 0 saturated heterocycles. The third-order valence-electron chi connectivity index (χ3n) is 1.33. The Hall–Kier alpha value is -0.970. The fourth-order valence-electron chi connectivity index (χ4n) is 0.789. The van der Waals surface area contributed by atoms with E-state index >= 15 is 0 Å². The molecule has 0 aliphatic heterocycles. The van der Waals surface area contributed by atoms with Crippen molar-refractivity contribution in [3.05, 3.63) is 22.8 Å².